The molecule has 4 rings (SSSR count). The van der Waals surface area contributed by atoms with E-state index in [-0.39, 0.29) is 0 Å². The Morgan fingerprint density at radius 2 is 1.96 bits per heavy atom. The standard InChI is InChI=1S/C18H14ClN5O2/c1-25-16-7-3-4-12(9-16)17-21-23-24(22-17)10-15-11-26-18(20-15)13-5-2-6-14(19)8-13/h2-9,11H,10H2,1H3. The molecule has 0 unspecified atom stereocenters. The summed E-state index contributed by atoms with van der Waals surface area (Å²) in [5.74, 6) is 1.75. The van der Waals surface area contributed by atoms with Gasteiger partial charge in [-0.3, -0.25) is 0 Å². The van der Waals surface area contributed by atoms with Gasteiger partial charge in [0.2, 0.25) is 11.7 Å². The third-order valence-electron chi connectivity index (χ3n) is 3.71. The predicted octanol–water partition coefficient (Wildman–Crippen LogP) is 3.71. The summed E-state index contributed by atoms with van der Waals surface area (Å²) >= 11 is 6.00. The van der Waals surface area contributed by atoms with E-state index in [2.05, 4.69) is 20.4 Å². The number of hydrogen-bond donors (Lipinski definition) is 0. The van der Waals surface area contributed by atoms with E-state index in [9.17, 15) is 0 Å². The van der Waals surface area contributed by atoms with E-state index in [1.54, 1.807) is 25.5 Å². The molecule has 0 saturated carbocycles. The van der Waals surface area contributed by atoms with E-state index in [0.717, 1.165) is 16.9 Å². The highest BCUT2D eigenvalue weighted by atomic mass is 35.5. The smallest absolute Gasteiger partial charge is 0.226 e. The van der Waals surface area contributed by atoms with E-state index < -0.39 is 0 Å². The van der Waals surface area contributed by atoms with E-state index in [1.807, 2.05) is 36.4 Å². The van der Waals surface area contributed by atoms with E-state index >= 15 is 0 Å². The van der Waals surface area contributed by atoms with Gasteiger partial charge in [0.25, 0.3) is 0 Å². The minimum atomic E-state index is 0.348. The number of rotatable bonds is 5. The first-order chi connectivity index (χ1) is 12.7. The van der Waals surface area contributed by atoms with Crippen LogP contribution in [0.3, 0.4) is 0 Å². The average molecular weight is 368 g/mol. The van der Waals surface area contributed by atoms with Crippen molar-refractivity contribution < 1.29 is 9.15 Å². The zero-order valence-electron chi connectivity index (χ0n) is 13.8. The van der Waals surface area contributed by atoms with Crippen molar-refractivity contribution in [3.63, 3.8) is 0 Å². The Bertz CT molecular complexity index is 1040. The summed E-state index contributed by atoms with van der Waals surface area (Å²) in [5, 5.41) is 13.2. The molecule has 0 aliphatic carbocycles. The van der Waals surface area contributed by atoms with Crippen LogP contribution in [0, 0.1) is 0 Å². The first-order valence-corrected chi connectivity index (χ1v) is 8.21. The molecule has 0 atom stereocenters. The molecule has 0 aliphatic rings. The molecule has 0 N–H and O–H groups in total. The quantitative estimate of drug-likeness (QED) is 0.535. The Balaban J connectivity index is 1.53. The number of oxazole rings is 1. The van der Waals surface area contributed by atoms with Crippen LogP contribution in [0.25, 0.3) is 22.8 Å². The number of benzene rings is 2. The average Bonchev–Trinajstić information content (AvgIpc) is 3.32. The molecule has 7 nitrogen and oxygen atoms in total. The molecule has 2 heterocycles. The second-order valence-corrected chi connectivity index (χ2v) is 5.97. The largest absolute Gasteiger partial charge is 0.497 e. The molecule has 0 aliphatic heterocycles. The normalized spacial score (nSPS) is 10.8. The summed E-state index contributed by atoms with van der Waals surface area (Å²) in [6, 6.07) is 14.8. The number of methoxy groups -OCH3 is 1. The summed E-state index contributed by atoms with van der Waals surface area (Å²) in [4.78, 5) is 5.92. The van der Waals surface area contributed by atoms with Crippen LogP contribution in [-0.4, -0.2) is 32.3 Å². The van der Waals surface area contributed by atoms with Gasteiger partial charge in [-0.15, -0.1) is 10.2 Å². The van der Waals surface area contributed by atoms with Crippen molar-refractivity contribution in [2.45, 2.75) is 6.54 Å². The van der Waals surface area contributed by atoms with Crippen LogP contribution < -0.4 is 4.74 Å². The maximum Gasteiger partial charge on any atom is 0.226 e. The van der Waals surface area contributed by atoms with Crippen LogP contribution in [0.2, 0.25) is 5.02 Å². The van der Waals surface area contributed by atoms with Gasteiger partial charge < -0.3 is 9.15 Å². The number of nitrogens with zero attached hydrogens (tertiary/aromatic N) is 5. The molecule has 2 aromatic carbocycles. The minimum absolute atomic E-state index is 0.348. The lowest BCUT2D eigenvalue weighted by atomic mass is 10.2. The molecule has 0 bridgehead atoms. The van der Waals surface area contributed by atoms with Crippen molar-refractivity contribution in [1.82, 2.24) is 25.2 Å². The van der Waals surface area contributed by atoms with Crippen LogP contribution >= 0.6 is 11.6 Å². The zero-order chi connectivity index (χ0) is 17.9. The van der Waals surface area contributed by atoms with E-state index in [0.29, 0.717) is 29.0 Å². The monoisotopic (exact) mass is 367 g/mol. The first kappa shape index (κ1) is 16.3. The number of ether oxygens (including phenoxy) is 1. The molecule has 2 aromatic heterocycles. The molecule has 0 spiro atoms. The van der Waals surface area contributed by atoms with Crippen LogP contribution in [0.1, 0.15) is 5.69 Å². The SMILES string of the molecule is COc1cccc(-c2nnn(Cc3coc(-c4cccc(Cl)c4)n3)n2)c1. The Kier molecular flexibility index (Phi) is 4.37. The van der Waals surface area contributed by atoms with Crippen molar-refractivity contribution in [2.24, 2.45) is 0 Å². The van der Waals surface area contributed by atoms with Gasteiger partial charge in [-0.25, -0.2) is 4.98 Å². The third kappa shape index (κ3) is 3.43. The first-order valence-electron chi connectivity index (χ1n) is 7.84. The summed E-state index contributed by atoms with van der Waals surface area (Å²) < 4.78 is 10.7. The number of halogens is 1. The van der Waals surface area contributed by atoms with Crippen LogP contribution in [0.4, 0.5) is 0 Å². The Hall–Kier alpha value is -3.19. The van der Waals surface area contributed by atoms with Gasteiger partial charge in [0.05, 0.1) is 7.11 Å². The molecule has 130 valence electrons. The molecule has 4 aromatic rings. The van der Waals surface area contributed by atoms with Crippen LogP contribution in [-0.2, 0) is 6.54 Å². The van der Waals surface area contributed by atoms with Crippen molar-refractivity contribution in [2.75, 3.05) is 7.11 Å². The molecule has 26 heavy (non-hydrogen) atoms. The van der Waals surface area contributed by atoms with Crippen molar-refractivity contribution in [3.8, 4) is 28.6 Å². The summed E-state index contributed by atoms with van der Waals surface area (Å²) in [6.45, 7) is 0.348. The van der Waals surface area contributed by atoms with Crippen LogP contribution in [0.5, 0.6) is 5.75 Å². The lowest BCUT2D eigenvalue weighted by Crippen LogP contribution is -2.04. The van der Waals surface area contributed by atoms with Crippen molar-refractivity contribution in [1.29, 1.82) is 0 Å². The maximum absolute atomic E-state index is 6.00. The fourth-order valence-electron chi connectivity index (χ4n) is 2.47. The predicted molar refractivity (Wildman–Crippen MR) is 95.9 cm³/mol. The molecular weight excluding hydrogens is 354 g/mol. The number of aromatic nitrogens is 5. The van der Waals surface area contributed by atoms with Crippen LogP contribution in [0.15, 0.2) is 59.2 Å². The third-order valence-corrected chi connectivity index (χ3v) is 3.94. The molecule has 8 heteroatoms. The van der Waals surface area contributed by atoms with Gasteiger partial charge in [-0.2, -0.15) is 4.80 Å². The zero-order valence-corrected chi connectivity index (χ0v) is 14.6. The van der Waals surface area contributed by atoms with Crippen molar-refractivity contribution in [3.05, 3.63) is 65.5 Å². The van der Waals surface area contributed by atoms with E-state index in [1.165, 1.54) is 4.80 Å². The summed E-state index contributed by atoms with van der Waals surface area (Å²) in [5.41, 5.74) is 2.33. The second-order valence-electron chi connectivity index (χ2n) is 5.53. The second kappa shape index (κ2) is 6.97. The van der Waals surface area contributed by atoms with Gasteiger partial charge in [-0.1, -0.05) is 29.8 Å². The highest BCUT2D eigenvalue weighted by Crippen LogP contribution is 2.23. The fourth-order valence-corrected chi connectivity index (χ4v) is 2.66. The van der Waals surface area contributed by atoms with Gasteiger partial charge in [0.15, 0.2) is 0 Å². The Morgan fingerprint density at radius 1 is 1.12 bits per heavy atom. The molecule has 0 amide bonds. The lowest BCUT2D eigenvalue weighted by Gasteiger charge is -2.00. The topological polar surface area (TPSA) is 78.9 Å². The van der Waals surface area contributed by atoms with Gasteiger partial charge in [0.1, 0.15) is 24.3 Å². The number of hydrogen-bond acceptors (Lipinski definition) is 6. The maximum atomic E-state index is 6.00. The fraction of sp³-hybridized carbons (Fsp3) is 0.111. The Labute approximate surface area is 154 Å². The molecule has 0 fully saturated rings. The number of tetrazole rings is 1. The highest BCUT2D eigenvalue weighted by molar-refractivity contribution is 6.30. The van der Waals surface area contributed by atoms with Crippen molar-refractivity contribution >= 4 is 11.6 Å². The highest BCUT2D eigenvalue weighted by Gasteiger charge is 2.11. The van der Waals surface area contributed by atoms with Gasteiger partial charge in [0, 0.05) is 16.1 Å². The Morgan fingerprint density at radius 3 is 2.81 bits per heavy atom. The lowest BCUT2D eigenvalue weighted by molar-refractivity contribution is 0.415. The van der Waals surface area contributed by atoms with Gasteiger partial charge in [-0.05, 0) is 35.5 Å². The minimum Gasteiger partial charge on any atom is -0.497 e. The summed E-state index contributed by atoms with van der Waals surface area (Å²) in [6.07, 6.45) is 1.57. The van der Waals surface area contributed by atoms with E-state index in [4.69, 9.17) is 20.8 Å². The van der Waals surface area contributed by atoms with Gasteiger partial charge >= 0.3 is 0 Å². The molecule has 0 radical (unpaired) electrons. The summed E-state index contributed by atoms with van der Waals surface area (Å²) in [7, 11) is 1.62. The molecule has 0 saturated heterocycles. The molecular formula is C18H14ClN5O2.